The maximum Gasteiger partial charge on any atom is 0.263 e. The zero-order chi connectivity index (χ0) is 22.7. The predicted octanol–water partition coefficient (Wildman–Crippen LogP) is 3.23. The van der Waals surface area contributed by atoms with Crippen LogP contribution in [0.4, 0.5) is 5.69 Å². The highest BCUT2D eigenvalue weighted by Crippen LogP contribution is 2.20. The summed E-state index contributed by atoms with van der Waals surface area (Å²) in [6, 6.07) is 8.82. The van der Waals surface area contributed by atoms with Gasteiger partial charge in [0.2, 0.25) is 5.91 Å². The fourth-order valence-electron chi connectivity index (χ4n) is 4.43. The molecule has 0 radical (unpaired) electrons. The highest BCUT2D eigenvalue weighted by Gasteiger charge is 2.19. The molecule has 2 N–H and O–H groups in total. The Balaban J connectivity index is 1.45. The molecule has 1 saturated carbocycles. The standard InChI is InChI=1S/C24H29N5O3/c1-3-29-16(2)25-20-14-18(11-12-21(20)29)26-22(30)15-28-13-7-10-19(24(28)32)23(31)27-17-8-5-4-6-9-17/h7,10-14,17H,3-6,8-9,15H2,1-2H3,(H,26,30)(H,27,31). The molecule has 3 aromatic rings. The van der Waals surface area contributed by atoms with Gasteiger partial charge in [0.25, 0.3) is 11.5 Å². The summed E-state index contributed by atoms with van der Waals surface area (Å²) in [6.07, 6.45) is 6.77. The molecule has 168 valence electrons. The number of nitrogens with one attached hydrogen (secondary N) is 2. The van der Waals surface area contributed by atoms with Crippen LogP contribution in [0.5, 0.6) is 0 Å². The van der Waals surface area contributed by atoms with Gasteiger partial charge in [-0.3, -0.25) is 14.4 Å². The van der Waals surface area contributed by atoms with E-state index < -0.39 is 5.56 Å². The number of nitrogens with zero attached hydrogens (tertiary/aromatic N) is 3. The first-order chi connectivity index (χ1) is 15.5. The average Bonchev–Trinajstić information content (AvgIpc) is 3.09. The molecule has 32 heavy (non-hydrogen) atoms. The summed E-state index contributed by atoms with van der Waals surface area (Å²) in [7, 11) is 0. The number of carbonyl (C=O) groups excluding carboxylic acids is 2. The lowest BCUT2D eigenvalue weighted by atomic mass is 9.95. The Morgan fingerprint density at radius 3 is 2.69 bits per heavy atom. The number of benzene rings is 1. The molecule has 0 bridgehead atoms. The van der Waals surface area contributed by atoms with E-state index in [1.165, 1.54) is 23.3 Å². The number of hydrogen-bond acceptors (Lipinski definition) is 4. The van der Waals surface area contributed by atoms with Gasteiger partial charge in [-0.2, -0.15) is 0 Å². The fourth-order valence-corrected chi connectivity index (χ4v) is 4.43. The van der Waals surface area contributed by atoms with Crippen molar-refractivity contribution in [3.63, 3.8) is 0 Å². The van der Waals surface area contributed by atoms with Crippen molar-refractivity contribution in [2.75, 3.05) is 5.32 Å². The van der Waals surface area contributed by atoms with Crippen LogP contribution in [0.15, 0.2) is 41.3 Å². The lowest BCUT2D eigenvalue weighted by molar-refractivity contribution is -0.116. The predicted molar refractivity (Wildman–Crippen MR) is 124 cm³/mol. The summed E-state index contributed by atoms with van der Waals surface area (Å²) < 4.78 is 3.37. The highest BCUT2D eigenvalue weighted by atomic mass is 16.2. The molecule has 8 nitrogen and oxygen atoms in total. The van der Waals surface area contributed by atoms with Crippen molar-refractivity contribution in [3.8, 4) is 0 Å². The molecule has 2 aromatic heterocycles. The Morgan fingerprint density at radius 1 is 1.16 bits per heavy atom. The van der Waals surface area contributed by atoms with E-state index in [2.05, 4.69) is 27.1 Å². The number of carbonyl (C=O) groups is 2. The zero-order valence-corrected chi connectivity index (χ0v) is 18.6. The highest BCUT2D eigenvalue weighted by molar-refractivity contribution is 5.95. The molecule has 8 heteroatoms. The van der Waals surface area contributed by atoms with Crippen LogP contribution in [-0.4, -0.2) is 32.0 Å². The van der Waals surface area contributed by atoms with Crippen LogP contribution in [0, 0.1) is 6.92 Å². The van der Waals surface area contributed by atoms with E-state index in [0.717, 1.165) is 49.1 Å². The number of rotatable bonds is 6. The summed E-state index contributed by atoms with van der Waals surface area (Å²) in [5, 5.41) is 5.79. The van der Waals surface area contributed by atoms with Gasteiger partial charge in [-0.25, -0.2) is 4.98 Å². The molecule has 0 spiro atoms. The van der Waals surface area contributed by atoms with Crippen LogP contribution in [0.1, 0.15) is 55.2 Å². The Kier molecular flexibility index (Phi) is 6.39. The topological polar surface area (TPSA) is 98.0 Å². The minimum Gasteiger partial charge on any atom is -0.349 e. The number of fused-ring (bicyclic) bond motifs is 1. The van der Waals surface area contributed by atoms with E-state index in [9.17, 15) is 14.4 Å². The lowest BCUT2D eigenvalue weighted by Crippen LogP contribution is -2.40. The number of hydrogen-bond donors (Lipinski definition) is 2. The Labute approximate surface area is 186 Å². The SMILES string of the molecule is CCn1c(C)nc2cc(NC(=O)Cn3cccc(C(=O)NC4CCCCC4)c3=O)ccc21. The molecule has 1 aliphatic rings. The first-order valence-electron chi connectivity index (χ1n) is 11.2. The summed E-state index contributed by atoms with van der Waals surface area (Å²) in [4.78, 5) is 42.5. The number of aromatic nitrogens is 3. The number of amides is 2. The minimum absolute atomic E-state index is 0.0628. The van der Waals surface area contributed by atoms with Crippen molar-refractivity contribution >= 4 is 28.5 Å². The molecule has 2 heterocycles. The number of aryl methyl sites for hydroxylation is 2. The van der Waals surface area contributed by atoms with Crippen LogP contribution < -0.4 is 16.2 Å². The van der Waals surface area contributed by atoms with Gasteiger partial charge in [0.1, 0.15) is 17.9 Å². The molecule has 1 aliphatic carbocycles. The molecule has 2 amide bonds. The van der Waals surface area contributed by atoms with E-state index in [1.54, 1.807) is 6.07 Å². The largest absolute Gasteiger partial charge is 0.349 e. The van der Waals surface area contributed by atoms with Crippen LogP contribution in [0.2, 0.25) is 0 Å². The number of pyridine rings is 1. The van der Waals surface area contributed by atoms with Crippen LogP contribution in [0.25, 0.3) is 11.0 Å². The first-order valence-corrected chi connectivity index (χ1v) is 11.2. The number of imidazole rings is 1. The molecular formula is C24H29N5O3. The summed E-state index contributed by atoms with van der Waals surface area (Å²) in [5.74, 6) is 0.202. The molecule has 1 fully saturated rings. The molecule has 0 unspecified atom stereocenters. The maximum atomic E-state index is 12.8. The van der Waals surface area contributed by atoms with Crippen LogP contribution >= 0.6 is 0 Å². The molecule has 0 aliphatic heterocycles. The van der Waals surface area contributed by atoms with Gasteiger partial charge in [0.15, 0.2) is 0 Å². The van der Waals surface area contributed by atoms with E-state index in [-0.39, 0.29) is 30.0 Å². The number of anilines is 1. The quantitative estimate of drug-likeness (QED) is 0.621. The second-order valence-corrected chi connectivity index (χ2v) is 8.32. The van der Waals surface area contributed by atoms with Crippen molar-refractivity contribution in [1.29, 1.82) is 0 Å². The van der Waals surface area contributed by atoms with Crippen molar-refractivity contribution in [1.82, 2.24) is 19.4 Å². The third kappa shape index (κ3) is 4.59. The Bertz CT molecular complexity index is 1200. The van der Waals surface area contributed by atoms with Crippen molar-refractivity contribution in [2.45, 2.75) is 65.1 Å². The summed E-state index contributed by atoms with van der Waals surface area (Å²) >= 11 is 0. The van der Waals surface area contributed by atoms with Crippen LogP contribution in [-0.2, 0) is 17.9 Å². The fraction of sp³-hybridized carbons (Fsp3) is 0.417. The molecular weight excluding hydrogens is 406 g/mol. The first kappa shape index (κ1) is 21.8. The third-order valence-electron chi connectivity index (χ3n) is 6.06. The van der Waals surface area contributed by atoms with Crippen LogP contribution in [0.3, 0.4) is 0 Å². The monoisotopic (exact) mass is 435 g/mol. The third-order valence-corrected chi connectivity index (χ3v) is 6.06. The van der Waals surface area contributed by atoms with Gasteiger partial charge in [-0.1, -0.05) is 19.3 Å². The van der Waals surface area contributed by atoms with E-state index in [4.69, 9.17) is 0 Å². The molecule has 4 rings (SSSR count). The molecule has 0 atom stereocenters. The average molecular weight is 436 g/mol. The second-order valence-electron chi connectivity index (χ2n) is 8.32. The van der Waals surface area contributed by atoms with Crippen molar-refractivity contribution in [3.05, 3.63) is 58.3 Å². The zero-order valence-electron chi connectivity index (χ0n) is 18.6. The minimum atomic E-state index is -0.469. The second kappa shape index (κ2) is 9.38. The maximum absolute atomic E-state index is 12.8. The van der Waals surface area contributed by atoms with Gasteiger partial charge >= 0.3 is 0 Å². The van der Waals surface area contributed by atoms with Crippen molar-refractivity contribution < 1.29 is 9.59 Å². The molecule has 0 saturated heterocycles. The summed E-state index contributed by atoms with van der Waals surface area (Å²) in [5.41, 5.74) is 2.02. The van der Waals surface area contributed by atoms with E-state index >= 15 is 0 Å². The van der Waals surface area contributed by atoms with Gasteiger partial charge in [0, 0.05) is 24.5 Å². The molecule has 1 aromatic carbocycles. The smallest absolute Gasteiger partial charge is 0.263 e. The summed E-state index contributed by atoms with van der Waals surface area (Å²) in [6.45, 7) is 4.65. The lowest BCUT2D eigenvalue weighted by Gasteiger charge is -2.22. The van der Waals surface area contributed by atoms with E-state index in [0.29, 0.717) is 5.69 Å². The van der Waals surface area contributed by atoms with E-state index in [1.807, 2.05) is 25.1 Å². The van der Waals surface area contributed by atoms with Gasteiger partial charge < -0.3 is 19.8 Å². The van der Waals surface area contributed by atoms with Gasteiger partial charge in [0.05, 0.1) is 11.0 Å². The Morgan fingerprint density at radius 2 is 1.94 bits per heavy atom. The van der Waals surface area contributed by atoms with Crippen molar-refractivity contribution in [2.24, 2.45) is 0 Å². The Hall–Kier alpha value is -3.42. The van der Waals surface area contributed by atoms with Gasteiger partial charge in [-0.15, -0.1) is 0 Å². The van der Waals surface area contributed by atoms with Gasteiger partial charge in [-0.05, 0) is 57.0 Å². The normalized spacial score (nSPS) is 14.4.